The van der Waals surface area contributed by atoms with Gasteiger partial charge in [-0.2, -0.15) is 5.10 Å². The van der Waals surface area contributed by atoms with Crippen LogP contribution in [0.4, 0.5) is 5.00 Å². The zero-order valence-electron chi connectivity index (χ0n) is 19.1. The van der Waals surface area contributed by atoms with Gasteiger partial charge in [0.05, 0.1) is 29.5 Å². The van der Waals surface area contributed by atoms with E-state index < -0.39 is 12.0 Å². The average molecular weight is 497 g/mol. The van der Waals surface area contributed by atoms with Gasteiger partial charge in [0.15, 0.2) is 5.11 Å². The summed E-state index contributed by atoms with van der Waals surface area (Å²) < 4.78 is 6.86. The maximum atomic E-state index is 13.5. The molecule has 0 unspecified atom stereocenters. The molecule has 3 heterocycles. The van der Waals surface area contributed by atoms with Crippen LogP contribution < -0.4 is 16.0 Å². The summed E-state index contributed by atoms with van der Waals surface area (Å²) in [5.41, 5.74) is 3.98. The van der Waals surface area contributed by atoms with Gasteiger partial charge in [-0.3, -0.25) is 4.79 Å². The highest BCUT2D eigenvalue weighted by molar-refractivity contribution is 7.80. The maximum Gasteiger partial charge on any atom is 0.341 e. The summed E-state index contributed by atoms with van der Waals surface area (Å²) >= 11 is 6.70. The highest BCUT2D eigenvalue weighted by atomic mass is 32.1. The Morgan fingerprint density at radius 3 is 2.62 bits per heavy atom. The van der Waals surface area contributed by atoms with Crippen molar-refractivity contribution < 1.29 is 14.3 Å². The zero-order valence-corrected chi connectivity index (χ0v) is 20.8. The summed E-state index contributed by atoms with van der Waals surface area (Å²) in [7, 11) is 0. The van der Waals surface area contributed by atoms with E-state index >= 15 is 0 Å². The van der Waals surface area contributed by atoms with E-state index in [0.717, 1.165) is 21.7 Å². The fourth-order valence-corrected chi connectivity index (χ4v) is 5.05. The second kappa shape index (κ2) is 9.74. The number of aryl methyl sites for hydroxylation is 1. The third kappa shape index (κ3) is 4.57. The number of rotatable bonds is 6. The van der Waals surface area contributed by atoms with Crippen LogP contribution in [0.2, 0.25) is 0 Å². The van der Waals surface area contributed by atoms with Crippen molar-refractivity contribution in [2.45, 2.75) is 33.7 Å². The van der Waals surface area contributed by atoms with Gasteiger partial charge in [0.25, 0.3) is 5.91 Å². The molecule has 11 heteroatoms. The molecular formula is C23H24N6O3S2. The van der Waals surface area contributed by atoms with Crippen LogP contribution in [0.1, 0.15) is 46.3 Å². The number of ether oxygens (including phenoxy) is 1. The summed E-state index contributed by atoms with van der Waals surface area (Å²) in [5.74, 6) is -0.788. The fraction of sp³-hybridized carbons (Fsp3) is 0.261. The van der Waals surface area contributed by atoms with Crippen LogP contribution in [0, 0.1) is 13.8 Å². The van der Waals surface area contributed by atoms with Gasteiger partial charge < -0.3 is 20.7 Å². The van der Waals surface area contributed by atoms with Crippen LogP contribution in [0.15, 0.2) is 48.2 Å². The number of hydrogen-bond donors (Lipinski definition) is 3. The van der Waals surface area contributed by atoms with E-state index in [9.17, 15) is 9.59 Å². The first-order chi connectivity index (χ1) is 16.3. The molecule has 0 aliphatic carbocycles. The minimum Gasteiger partial charge on any atom is -0.462 e. The van der Waals surface area contributed by atoms with Crippen LogP contribution in [-0.4, -0.2) is 38.4 Å². The summed E-state index contributed by atoms with van der Waals surface area (Å²) in [5, 5.41) is 14.2. The van der Waals surface area contributed by atoms with E-state index in [4.69, 9.17) is 17.0 Å². The lowest BCUT2D eigenvalue weighted by atomic mass is 9.94. The van der Waals surface area contributed by atoms with Crippen LogP contribution in [0.3, 0.4) is 0 Å². The minimum atomic E-state index is -0.480. The predicted octanol–water partition coefficient (Wildman–Crippen LogP) is 3.55. The van der Waals surface area contributed by atoms with E-state index in [1.165, 1.54) is 17.7 Å². The first-order valence-corrected chi connectivity index (χ1v) is 11.8. The number of anilines is 1. The SMILES string of the molecule is CCOC(=O)c1c(NC(=O)C2=C(C)NC(=S)N[C@@H]2c2ccc(-n3cncn3)cc2)sc(C)c1C. The fourth-order valence-electron chi connectivity index (χ4n) is 3.74. The number of hydrogen-bond acceptors (Lipinski definition) is 7. The molecule has 0 bridgehead atoms. The smallest absolute Gasteiger partial charge is 0.341 e. The molecule has 176 valence electrons. The second-order valence-electron chi connectivity index (χ2n) is 7.66. The number of nitrogens with one attached hydrogen (secondary N) is 3. The number of amides is 1. The molecule has 0 spiro atoms. The molecule has 34 heavy (non-hydrogen) atoms. The first-order valence-electron chi connectivity index (χ1n) is 10.6. The second-order valence-corrected chi connectivity index (χ2v) is 9.30. The van der Waals surface area contributed by atoms with Crippen molar-refractivity contribution in [2.24, 2.45) is 0 Å². The Balaban J connectivity index is 1.66. The van der Waals surface area contributed by atoms with Crippen LogP contribution >= 0.6 is 23.6 Å². The van der Waals surface area contributed by atoms with E-state index in [0.29, 0.717) is 26.9 Å². The molecule has 1 amide bonds. The normalized spacial score (nSPS) is 15.5. The predicted molar refractivity (Wildman–Crippen MR) is 134 cm³/mol. The van der Waals surface area contributed by atoms with Gasteiger partial charge in [-0.05, 0) is 63.2 Å². The minimum absolute atomic E-state index is 0.253. The summed E-state index contributed by atoms with van der Waals surface area (Å²) in [6, 6.07) is 7.13. The Hall–Kier alpha value is -3.57. The Morgan fingerprint density at radius 1 is 1.24 bits per heavy atom. The van der Waals surface area contributed by atoms with Gasteiger partial charge >= 0.3 is 5.97 Å². The Morgan fingerprint density at radius 2 is 1.97 bits per heavy atom. The number of benzene rings is 1. The number of carbonyl (C=O) groups excluding carboxylic acids is 2. The molecule has 2 aromatic heterocycles. The van der Waals surface area contributed by atoms with Crippen LogP contribution in [-0.2, 0) is 9.53 Å². The maximum absolute atomic E-state index is 13.5. The van der Waals surface area contributed by atoms with Gasteiger partial charge in [0, 0.05) is 10.6 Å². The van der Waals surface area contributed by atoms with Crippen molar-refractivity contribution in [3.8, 4) is 5.69 Å². The molecule has 0 saturated heterocycles. The van der Waals surface area contributed by atoms with Crippen molar-refractivity contribution in [1.82, 2.24) is 25.4 Å². The van der Waals surface area contributed by atoms with Gasteiger partial charge in [0.1, 0.15) is 17.7 Å². The lowest BCUT2D eigenvalue weighted by molar-refractivity contribution is -0.113. The van der Waals surface area contributed by atoms with Gasteiger partial charge in [-0.1, -0.05) is 12.1 Å². The lowest BCUT2D eigenvalue weighted by Crippen LogP contribution is -2.45. The van der Waals surface area contributed by atoms with Gasteiger partial charge in [-0.25, -0.2) is 14.5 Å². The van der Waals surface area contributed by atoms with E-state index in [1.54, 1.807) is 24.9 Å². The average Bonchev–Trinajstić information content (AvgIpc) is 3.42. The molecule has 3 aromatic rings. The van der Waals surface area contributed by atoms with Gasteiger partial charge in [-0.15, -0.1) is 11.3 Å². The molecule has 3 N–H and O–H groups in total. The molecule has 0 radical (unpaired) electrons. The standard InChI is InChI=1S/C23H24N6O3S2/c1-5-32-22(31)17-12(2)14(4)34-21(17)28-20(30)18-13(3)26-23(33)27-19(18)15-6-8-16(9-7-15)29-11-24-10-25-29/h6-11,19H,5H2,1-4H3,(H,28,30)(H2,26,27,33)/t19-/m1/s1. The molecule has 4 rings (SSSR count). The molecule has 1 aliphatic heterocycles. The van der Waals surface area contributed by atoms with Crippen molar-refractivity contribution in [3.05, 3.63) is 69.8 Å². The Bertz CT molecular complexity index is 1280. The van der Waals surface area contributed by atoms with Crippen molar-refractivity contribution in [2.75, 3.05) is 11.9 Å². The quantitative estimate of drug-likeness (QED) is 0.351. The topological polar surface area (TPSA) is 110 Å². The molecular weight excluding hydrogens is 472 g/mol. The first kappa shape index (κ1) is 23.6. The summed E-state index contributed by atoms with van der Waals surface area (Å²) in [6.07, 6.45) is 3.08. The number of thiophene rings is 1. The lowest BCUT2D eigenvalue weighted by Gasteiger charge is -2.30. The number of allylic oxidation sites excluding steroid dienone is 1. The molecule has 1 aromatic carbocycles. The molecule has 1 atom stereocenters. The highest BCUT2D eigenvalue weighted by Crippen LogP contribution is 2.35. The van der Waals surface area contributed by atoms with Crippen molar-refractivity contribution in [1.29, 1.82) is 0 Å². The molecule has 0 fully saturated rings. The van der Waals surface area contributed by atoms with E-state index in [2.05, 4.69) is 26.0 Å². The van der Waals surface area contributed by atoms with E-state index in [1.807, 2.05) is 38.1 Å². The van der Waals surface area contributed by atoms with Crippen LogP contribution in [0.25, 0.3) is 5.69 Å². The molecule has 1 aliphatic rings. The number of carbonyl (C=O) groups is 2. The number of esters is 1. The third-order valence-electron chi connectivity index (χ3n) is 5.52. The van der Waals surface area contributed by atoms with Crippen molar-refractivity contribution in [3.63, 3.8) is 0 Å². The molecule has 0 saturated carbocycles. The number of nitrogens with zero attached hydrogens (tertiary/aromatic N) is 3. The van der Waals surface area contributed by atoms with Crippen LogP contribution in [0.5, 0.6) is 0 Å². The van der Waals surface area contributed by atoms with Crippen molar-refractivity contribution >= 4 is 45.5 Å². The Labute approximate surface area is 206 Å². The molecule has 9 nitrogen and oxygen atoms in total. The Kier molecular flexibility index (Phi) is 6.75. The van der Waals surface area contributed by atoms with E-state index in [-0.39, 0.29) is 12.5 Å². The zero-order chi connectivity index (χ0) is 24.4. The summed E-state index contributed by atoms with van der Waals surface area (Å²) in [6.45, 7) is 7.56. The summed E-state index contributed by atoms with van der Waals surface area (Å²) in [4.78, 5) is 31.0. The largest absolute Gasteiger partial charge is 0.462 e. The number of thiocarbonyl (C=S) groups is 1. The monoisotopic (exact) mass is 496 g/mol. The van der Waals surface area contributed by atoms with Gasteiger partial charge in [0.2, 0.25) is 0 Å². The highest BCUT2D eigenvalue weighted by Gasteiger charge is 2.31. The number of aromatic nitrogens is 3. The third-order valence-corrected chi connectivity index (χ3v) is 6.86.